The summed E-state index contributed by atoms with van der Waals surface area (Å²) in [6.45, 7) is 2.15. The molecular weight excluding hydrogens is 206 g/mol. The summed E-state index contributed by atoms with van der Waals surface area (Å²) < 4.78 is 11.7. The minimum atomic E-state index is -0.763. The second kappa shape index (κ2) is 6.62. The largest absolute Gasteiger partial charge is 0.398 e. The van der Waals surface area contributed by atoms with Crippen molar-refractivity contribution in [3.63, 3.8) is 0 Å². The van der Waals surface area contributed by atoms with Gasteiger partial charge in [0, 0.05) is 22.2 Å². The molecule has 1 aromatic carbocycles. The molecule has 0 heterocycles. The maximum absolute atomic E-state index is 11.7. The van der Waals surface area contributed by atoms with Gasteiger partial charge in [-0.3, -0.25) is 4.21 Å². The Kier molecular flexibility index (Phi) is 5.40. The van der Waals surface area contributed by atoms with Gasteiger partial charge in [-0.15, -0.1) is 0 Å². The van der Waals surface area contributed by atoms with Crippen molar-refractivity contribution in [3.05, 3.63) is 29.8 Å². The van der Waals surface area contributed by atoms with Crippen molar-refractivity contribution in [2.45, 2.75) is 31.9 Å². The summed E-state index contributed by atoms with van der Waals surface area (Å²) in [6, 6.07) is 7.65. The molecular formula is C12H19NOS. The Morgan fingerprint density at radius 3 is 2.67 bits per heavy atom. The molecule has 1 aromatic rings. The van der Waals surface area contributed by atoms with E-state index in [-0.39, 0.29) is 0 Å². The normalized spacial score (nSPS) is 12.6. The van der Waals surface area contributed by atoms with E-state index in [9.17, 15) is 4.21 Å². The highest BCUT2D eigenvalue weighted by Gasteiger charge is 2.03. The first-order valence-corrected chi connectivity index (χ1v) is 6.91. The smallest absolute Gasteiger partial charge is 0.0505 e. The van der Waals surface area contributed by atoms with Gasteiger partial charge in [-0.1, -0.05) is 38.0 Å². The topological polar surface area (TPSA) is 43.1 Å². The number of unbranched alkanes of at least 4 members (excludes halogenated alkanes) is 2. The SMILES string of the molecule is CCCCCS(=O)Cc1ccccc1N. The van der Waals surface area contributed by atoms with Gasteiger partial charge >= 0.3 is 0 Å². The summed E-state index contributed by atoms with van der Waals surface area (Å²) >= 11 is 0. The molecule has 1 atom stereocenters. The first-order valence-electron chi connectivity index (χ1n) is 5.42. The summed E-state index contributed by atoms with van der Waals surface area (Å²) in [5, 5.41) is 0. The second-order valence-electron chi connectivity index (χ2n) is 3.69. The molecule has 0 spiro atoms. The van der Waals surface area contributed by atoms with E-state index >= 15 is 0 Å². The number of para-hydroxylation sites is 1. The van der Waals surface area contributed by atoms with Crippen LogP contribution in [-0.4, -0.2) is 9.96 Å². The molecule has 0 bridgehead atoms. The molecule has 84 valence electrons. The van der Waals surface area contributed by atoms with Crippen molar-refractivity contribution in [1.82, 2.24) is 0 Å². The third-order valence-corrected chi connectivity index (χ3v) is 3.72. The van der Waals surface area contributed by atoms with Gasteiger partial charge in [-0.05, 0) is 18.1 Å². The lowest BCUT2D eigenvalue weighted by Gasteiger charge is -2.05. The minimum absolute atomic E-state index is 0.594. The number of anilines is 1. The molecule has 15 heavy (non-hydrogen) atoms. The Hall–Kier alpha value is -0.830. The Balaban J connectivity index is 2.41. The zero-order valence-corrected chi connectivity index (χ0v) is 10.1. The number of nitrogens with two attached hydrogens (primary N) is 1. The molecule has 0 aliphatic heterocycles. The molecule has 1 unspecified atom stereocenters. The Labute approximate surface area is 94.3 Å². The molecule has 0 aliphatic rings. The molecule has 3 heteroatoms. The quantitative estimate of drug-likeness (QED) is 0.597. The van der Waals surface area contributed by atoms with Gasteiger partial charge in [0.15, 0.2) is 0 Å². The van der Waals surface area contributed by atoms with Crippen molar-refractivity contribution in [2.75, 3.05) is 11.5 Å². The maximum atomic E-state index is 11.7. The van der Waals surface area contributed by atoms with Crippen LogP contribution in [0.2, 0.25) is 0 Å². The maximum Gasteiger partial charge on any atom is 0.0505 e. The van der Waals surface area contributed by atoms with Crippen LogP contribution in [0.4, 0.5) is 5.69 Å². The van der Waals surface area contributed by atoms with Crippen molar-refractivity contribution < 1.29 is 4.21 Å². The van der Waals surface area contributed by atoms with E-state index in [0.29, 0.717) is 5.75 Å². The van der Waals surface area contributed by atoms with Gasteiger partial charge in [-0.2, -0.15) is 0 Å². The number of hydrogen-bond acceptors (Lipinski definition) is 2. The lowest BCUT2D eigenvalue weighted by molar-refractivity contribution is 0.676. The molecule has 0 saturated carbocycles. The van der Waals surface area contributed by atoms with E-state index < -0.39 is 10.8 Å². The highest BCUT2D eigenvalue weighted by molar-refractivity contribution is 7.84. The molecule has 0 amide bonds. The number of hydrogen-bond donors (Lipinski definition) is 1. The first kappa shape index (κ1) is 12.2. The molecule has 0 saturated heterocycles. The van der Waals surface area contributed by atoms with Crippen LogP contribution < -0.4 is 5.73 Å². The van der Waals surface area contributed by atoms with Gasteiger partial charge in [-0.25, -0.2) is 0 Å². The number of rotatable bonds is 6. The fourth-order valence-corrected chi connectivity index (χ4v) is 2.70. The van der Waals surface area contributed by atoms with Gasteiger partial charge in [0.2, 0.25) is 0 Å². The van der Waals surface area contributed by atoms with Gasteiger partial charge < -0.3 is 5.73 Å². The van der Waals surface area contributed by atoms with E-state index in [1.165, 1.54) is 6.42 Å². The highest BCUT2D eigenvalue weighted by atomic mass is 32.2. The third kappa shape index (κ3) is 4.47. The second-order valence-corrected chi connectivity index (χ2v) is 5.27. The van der Waals surface area contributed by atoms with Gasteiger partial charge in [0.05, 0.1) is 5.75 Å². The van der Waals surface area contributed by atoms with Crippen LogP contribution in [0.5, 0.6) is 0 Å². The highest BCUT2D eigenvalue weighted by Crippen LogP contribution is 2.13. The lowest BCUT2D eigenvalue weighted by Crippen LogP contribution is -2.03. The van der Waals surface area contributed by atoms with E-state index in [2.05, 4.69) is 6.92 Å². The summed E-state index contributed by atoms with van der Waals surface area (Å²) in [5.41, 5.74) is 7.55. The first-order chi connectivity index (χ1) is 7.24. The van der Waals surface area contributed by atoms with Gasteiger partial charge in [0.1, 0.15) is 0 Å². The predicted molar refractivity (Wildman–Crippen MR) is 67.1 cm³/mol. The minimum Gasteiger partial charge on any atom is -0.398 e. The van der Waals surface area contributed by atoms with E-state index in [0.717, 1.165) is 29.8 Å². The predicted octanol–water partition coefficient (Wildman–Crippen LogP) is 2.71. The Morgan fingerprint density at radius 1 is 1.27 bits per heavy atom. The lowest BCUT2D eigenvalue weighted by atomic mass is 10.2. The van der Waals surface area contributed by atoms with Crippen molar-refractivity contribution in [2.24, 2.45) is 0 Å². The van der Waals surface area contributed by atoms with Crippen LogP contribution in [0.3, 0.4) is 0 Å². The number of nitrogen functional groups attached to an aromatic ring is 1. The van der Waals surface area contributed by atoms with Crippen molar-refractivity contribution in [1.29, 1.82) is 0 Å². The van der Waals surface area contributed by atoms with Crippen LogP contribution in [0.1, 0.15) is 31.7 Å². The van der Waals surface area contributed by atoms with Crippen LogP contribution in [0.15, 0.2) is 24.3 Å². The molecule has 1 rings (SSSR count). The summed E-state index contributed by atoms with van der Waals surface area (Å²) in [4.78, 5) is 0. The van der Waals surface area contributed by atoms with Crippen molar-refractivity contribution >= 4 is 16.5 Å². The Bertz CT molecular complexity index is 325. The average molecular weight is 225 g/mol. The summed E-state index contributed by atoms with van der Waals surface area (Å²) in [7, 11) is -0.763. The number of benzene rings is 1. The van der Waals surface area contributed by atoms with Crippen molar-refractivity contribution in [3.8, 4) is 0 Å². The third-order valence-electron chi connectivity index (χ3n) is 2.35. The average Bonchev–Trinajstić information content (AvgIpc) is 2.22. The standard InChI is InChI=1S/C12H19NOS/c1-2-3-6-9-15(14)10-11-7-4-5-8-12(11)13/h4-5,7-8H,2-3,6,9-10,13H2,1H3. The van der Waals surface area contributed by atoms with Crippen LogP contribution in [0.25, 0.3) is 0 Å². The van der Waals surface area contributed by atoms with E-state index in [1.807, 2.05) is 24.3 Å². The van der Waals surface area contributed by atoms with E-state index in [1.54, 1.807) is 0 Å². The molecule has 0 radical (unpaired) electrons. The van der Waals surface area contributed by atoms with Crippen LogP contribution >= 0.6 is 0 Å². The van der Waals surface area contributed by atoms with Crippen LogP contribution in [0, 0.1) is 0 Å². The Morgan fingerprint density at radius 2 is 2.00 bits per heavy atom. The molecule has 2 N–H and O–H groups in total. The van der Waals surface area contributed by atoms with E-state index in [4.69, 9.17) is 5.73 Å². The zero-order valence-electron chi connectivity index (χ0n) is 9.24. The summed E-state index contributed by atoms with van der Waals surface area (Å²) in [5.74, 6) is 1.39. The van der Waals surface area contributed by atoms with Gasteiger partial charge in [0.25, 0.3) is 0 Å². The molecule has 0 aromatic heterocycles. The summed E-state index contributed by atoms with van der Waals surface area (Å²) in [6.07, 6.45) is 3.39. The monoisotopic (exact) mass is 225 g/mol. The van der Waals surface area contributed by atoms with Crippen LogP contribution in [-0.2, 0) is 16.6 Å². The molecule has 2 nitrogen and oxygen atoms in total. The fraction of sp³-hybridized carbons (Fsp3) is 0.500. The molecule has 0 aliphatic carbocycles. The zero-order chi connectivity index (χ0) is 11.1. The fourth-order valence-electron chi connectivity index (χ4n) is 1.42. The molecule has 0 fully saturated rings.